The van der Waals surface area contributed by atoms with Gasteiger partial charge >= 0.3 is 6.03 Å². The molecule has 4 heterocycles. The fourth-order valence-electron chi connectivity index (χ4n) is 3.39. The highest BCUT2D eigenvalue weighted by Crippen LogP contribution is 2.32. The van der Waals surface area contributed by atoms with E-state index in [1.54, 1.807) is 16.3 Å². The van der Waals surface area contributed by atoms with Gasteiger partial charge in [0.05, 0.1) is 0 Å². The summed E-state index contributed by atoms with van der Waals surface area (Å²) in [6.45, 7) is 4.62. The minimum absolute atomic E-state index is 0.00546. The molecule has 3 saturated heterocycles. The van der Waals surface area contributed by atoms with Gasteiger partial charge in [0, 0.05) is 29.4 Å². The van der Waals surface area contributed by atoms with Crippen molar-refractivity contribution >= 4 is 17.8 Å². The molecule has 4 rings (SSSR count). The average molecular weight is 279 g/mol. The van der Waals surface area contributed by atoms with Gasteiger partial charge in [-0.3, -0.25) is 9.47 Å². The summed E-state index contributed by atoms with van der Waals surface area (Å²) < 4.78 is 1.66. The molecule has 1 amide bonds. The van der Waals surface area contributed by atoms with Gasteiger partial charge in [0.15, 0.2) is 0 Å². The quantitative estimate of drug-likeness (QED) is 0.844. The van der Waals surface area contributed by atoms with E-state index >= 15 is 0 Å². The van der Waals surface area contributed by atoms with Gasteiger partial charge in [-0.05, 0) is 51.1 Å². The van der Waals surface area contributed by atoms with E-state index in [-0.39, 0.29) is 6.03 Å². The van der Waals surface area contributed by atoms with E-state index in [0.717, 1.165) is 4.90 Å². The molecule has 0 aromatic carbocycles. The molecular weight excluding hydrogens is 258 g/mol. The maximum absolute atomic E-state index is 12.3. The highest BCUT2D eigenvalue weighted by Gasteiger charge is 2.40. The Balaban J connectivity index is 1.69. The summed E-state index contributed by atoms with van der Waals surface area (Å²) in [6.07, 6.45) is 8.19. The molecule has 2 bridgehead atoms. The molecule has 3 aliphatic rings. The number of aromatic nitrogens is 1. The van der Waals surface area contributed by atoms with Crippen molar-refractivity contribution in [2.45, 2.75) is 36.7 Å². The molecule has 0 unspecified atom stereocenters. The van der Waals surface area contributed by atoms with Gasteiger partial charge in [-0.1, -0.05) is 0 Å². The Bertz CT molecular complexity index is 463. The molecule has 0 spiro atoms. The van der Waals surface area contributed by atoms with Crippen molar-refractivity contribution in [3.05, 3.63) is 18.5 Å². The van der Waals surface area contributed by atoms with Gasteiger partial charge in [-0.25, -0.2) is 4.79 Å². The number of rotatable bonds is 2. The number of amides is 1. The second-order valence-corrected chi connectivity index (χ2v) is 6.43. The summed E-state index contributed by atoms with van der Waals surface area (Å²) in [6, 6.07) is 2.75. The number of thioether (sulfide) groups is 1. The lowest BCUT2D eigenvalue weighted by Crippen LogP contribution is -2.62. The first-order chi connectivity index (χ1) is 9.19. The van der Waals surface area contributed by atoms with Gasteiger partial charge in [0.1, 0.15) is 0 Å². The molecule has 2 atom stereocenters. The highest BCUT2D eigenvalue weighted by atomic mass is 32.2. The second kappa shape index (κ2) is 5.21. The van der Waals surface area contributed by atoms with E-state index < -0.39 is 0 Å². The molecule has 0 saturated carbocycles. The summed E-state index contributed by atoms with van der Waals surface area (Å²) in [5.41, 5.74) is 0. The molecule has 1 N–H and O–H groups in total. The van der Waals surface area contributed by atoms with Crippen LogP contribution in [0.15, 0.2) is 23.4 Å². The number of piperidine rings is 3. The number of nitrogens with one attached hydrogen (secondary N) is 1. The topological polar surface area (TPSA) is 37.3 Å². The Labute approximate surface area is 118 Å². The van der Waals surface area contributed by atoms with Crippen molar-refractivity contribution in [3.63, 3.8) is 0 Å². The normalized spacial score (nSPS) is 33.4. The average Bonchev–Trinajstić information content (AvgIpc) is 2.92. The third kappa shape index (κ3) is 2.41. The number of nitrogens with zero attached hydrogens (tertiary/aromatic N) is 2. The first-order valence-electron chi connectivity index (χ1n) is 6.96. The minimum atomic E-state index is 0.00546. The molecule has 3 aliphatic heterocycles. The van der Waals surface area contributed by atoms with Crippen LogP contribution in [0.1, 0.15) is 19.8 Å². The van der Waals surface area contributed by atoms with E-state index in [1.807, 2.05) is 24.7 Å². The van der Waals surface area contributed by atoms with Crippen LogP contribution < -0.4 is 5.32 Å². The Hall–Kier alpha value is -0.940. The summed E-state index contributed by atoms with van der Waals surface area (Å²) in [5, 5.41) is 3.23. The van der Waals surface area contributed by atoms with Gasteiger partial charge < -0.3 is 5.32 Å². The van der Waals surface area contributed by atoms with E-state index in [4.69, 9.17) is 0 Å². The number of fused-ring (bicyclic) bond motifs is 3. The van der Waals surface area contributed by atoms with Crippen molar-refractivity contribution in [1.82, 2.24) is 14.8 Å². The molecule has 19 heavy (non-hydrogen) atoms. The Morgan fingerprint density at radius 3 is 2.74 bits per heavy atom. The standard InChI is InChI=1S/C14H21N3OS/c1-10-13(11-3-6-16(10)7-4-11)15-14(18)17-8-5-12(9-17)19-2/h5,8-11,13H,3-4,6-7H2,1-2H3,(H,15,18)/t10-,13+/m1/s1. The van der Waals surface area contributed by atoms with Crippen LogP contribution in [0.3, 0.4) is 0 Å². The first kappa shape index (κ1) is 13.1. The van der Waals surface area contributed by atoms with Crippen LogP contribution in [0, 0.1) is 5.92 Å². The van der Waals surface area contributed by atoms with Crippen LogP contribution in [-0.2, 0) is 0 Å². The molecule has 0 aliphatic carbocycles. The minimum Gasteiger partial charge on any atom is -0.333 e. The van der Waals surface area contributed by atoms with E-state index in [9.17, 15) is 4.79 Å². The number of hydrogen-bond donors (Lipinski definition) is 1. The van der Waals surface area contributed by atoms with E-state index in [2.05, 4.69) is 17.1 Å². The maximum Gasteiger partial charge on any atom is 0.325 e. The van der Waals surface area contributed by atoms with Crippen molar-refractivity contribution in [3.8, 4) is 0 Å². The van der Waals surface area contributed by atoms with Crippen LogP contribution in [0.4, 0.5) is 4.79 Å². The Morgan fingerprint density at radius 1 is 1.42 bits per heavy atom. The zero-order valence-corrected chi connectivity index (χ0v) is 12.3. The summed E-state index contributed by atoms with van der Waals surface area (Å²) >= 11 is 1.66. The smallest absolute Gasteiger partial charge is 0.325 e. The van der Waals surface area contributed by atoms with Crippen LogP contribution in [0.25, 0.3) is 0 Å². The SMILES string of the molecule is CSc1ccn(C(=O)N[C@@H]2C3CCN(CC3)[C@@H]2C)c1. The van der Waals surface area contributed by atoms with Crippen molar-refractivity contribution < 1.29 is 4.79 Å². The van der Waals surface area contributed by atoms with Gasteiger partial charge in [0.2, 0.25) is 0 Å². The Morgan fingerprint density at radius 2 is 2.16 bits per heavy atom. The van der Waals surface area contributed by atoms with Gasteiger partial charge in [-0.15, -0.1) is 11.8 Å². The molecule has 0 radical (unpaired) electrons. The first-order valence-corrected chi connectivity index (χ1v) is 8.18. The molecule has 4 nitrogen and oxygen atoms in total. The third-order valence-electron chi connectivity index (χ3n) is 4.60. The monoisotopic (exact) mass is 279 g/mol. The molecule has 3 fully saturated rings. The fraction of sp³-hybridized carbons (Fsp3) is 0.643. The molecular formula is C14H21N3OS. The lowest BCUT2D eigenvalue weighted by atomic mass is 9.79. The largest absolute Gasteiger partial charge is 0.333 e. The van der Waals surface area contributed by atoms with Gasteiger partial charge in [-0.2, -0.15) is 0 Å². The summed E-state index contributed by atoms with van der Waals surface area (Å²) in [4.78, 5) is 15.9. The Kier molecular flexibility index (Phi) is 3.58. The summed E-state index contributed by atoms with van der Waals surface area (Å²) in [5.74, 6) is 0.652. The van der Waals surface area contributed by atoms with Crippen LogP contribution in [0.5, 0.6) is 0 Å². The van der Waals surface area contributed by atoms with Crippen LogP contribution >= 0.6 is 11.8 Å². The van der Waals surface area contributed by atoms with Crippen molar-refractivity contribution in [2.75, 3.05) is 19.3 Å². The number of carbonyl (C=O) groups is 1. The van der Waals surface area contributed by atoms with Crippen LogP contribution in [0.2, 0.25) is 0 Å². The van der Waals surface area contributed by atoms with E-state index in [0.29, 0.717) is 18.0 Å². The highest BCUT2D eigenvalue weighted by molar-refractivity contribution is 7.98. The second-order valence-electron chi connectivity index (χ2n) is 5.55. The van der Waals surface area contributed by atoms with Crippen LogP contribution in [-0.4, -0.2) is 46.9 Å². The van der Waals surface area contributed by atoms with E-state index in [1.165, 1.54) is 25.9 Å². The molecule has 5 heteroatoms. The lowest BCUT2D eigenvalue weighted by molar-refractivity contribution is 0.0267. The third-order valence-corrected chi connectivity index (χ3v) is 5.32. The number of hydrogen-bond acceptors (Lipinski definition) is 3. The lowest BCUT2D eigenvalue weighted by Gasteiger charge is -2.49. The molecule has 104 valence electrons. The number of carbonyl (C=O) groups excluding carboxylic acids is 1. The predicted octanol–water partition coefficient (Wildman–Crippen LogP) is 2.25. The molecule has 1 aromatic rings. The zero-order valence-electron chi connectivity index (χ0n) is 11.5. The van der Waals surface area contributed by atoms with Gasteiger partial charge in [0.25, 0.3) is 0 Å². The van der Waals surface area contributed by atoms with Crippen molar-refractivity contribution in [2.24, 2.45) is 5.92 Å². The fourth-order valence-corrected chi connectivity index (χ4v) is 3.80. The maximum atomic E-state index is 12.3. The summed E-state index contributed by atoms with van der Waals surface area (Å²) in [7, 11) is 0. The predicted molar refractivity (Wildman–Crippen MR) is 77.7 cm³/mol. The van der Waals surface area contributed by atoms with Crippen molar-refractivity contribution in [1.29, 1.82) is 0 Å². The zero-order chi connectivity index (χ0) is 13.4. The molecule has 1 aromatic heterocycles.